The largest absolute Gasteiger partial charge is 0.485 e. The van der Waals surface area contributed by atoms with Gasteiger partial charge in [-0.1, -0.05) is 42.5 Å². The first-order valence-electron chi connectivity index (χ1n) is 7.38. The molecule has 0 aromatic heterocycles. The number of carbonyl (C=O) groups is 1. The Labute approximate surface area is 133 Å². The fraction of sp³-hybridized carbons (Fsp3) is 0.105. The monoisotopic (exact) mass is 306 g/mol. The third kappa shape index (κ3) is 2.71. The average Bonchev–Trinajstić information content (AvgIpc) is 2.61. The summed E-state index contributed by atoms with van der Waals surface area (Å²) in [5.74, 6) is 1.23. The molecule has 1 atom stereocenters. The summed E-state index contributed by atoms with van der Waals surface area (Å²) in [6.07, 6.45) is -0.767. The third-order valence-electron chi connectivity index (χ3n) is 3.71. The number of rotatable bonds is 2. The van der Waals surface area contributed by atoms with Crippen LogP contribution in [-0.4, -0.2) is 18.7 Å². The zero-order valence-corrected chi connectivity index (χ0v) is 12.3. The minimum Gasteiger partial charge on any atom is -0.485 e. The fourth-order valence-corrected chi connectivity index (χ4v) is 2.55. The highest BCUT2D eigenvalue weighted by Gasteiger charge is 2.29. The number of para-hydroxylation sites is 2. The summed E-state index contributed by atoms with van der Waals surface area (Å²) in [5.41, 5.74) is 0. The summed E-state index contributed by atoms with van der Waals surface area (Å²) in [4.78, 5) is 12.3. The normalized spacial score (nSPS) is 16.1. The van der Waals surface area contributed by atoms with Gasteiger partial charge in [-0.15, -0.1) is 0 Å². The van der Waals surface area contributed by atoms with Gasteiger partial charge in [-0.05, 0) is 35.0 Å². The van der Waals surface area contributed by atoms with Crippen molar-refractivity contribution in [2.75, 3.05) is 6.61 Å². The molecule has 4 heteroatoms. The Hall–Kier alpha value is -3.01. The van der Waals surface area contributed by atoms with Crippen LogP contribution in [0.15, 0.2) is 66.7 Å². The number of ether oxygens (including phenoxy) is 3. The highest BCUT2D eigenvalue weighted by molar-refractivity contribution is 5.85. The lowest BCUT2D eigenvalue weighted by atomic mass is 10.1. The van der Waals surface area contributed by atoms with Crippen LogP contribution in [0.1, 0.15) is 0 Å². The molecule has 1 heterocycles. The summed E-state index contributed by atoms with van der Waals surface area (Å²) in [6, 6.07) is 20.7. The SMILES string of the molecule is O=C(Oc1ccc2ccccc2c1)C1COc2ccccc2O1. The molecule has 0 aliphatic carbocycles. The van der Waals surface area contributed by atoms with E-state index >= 15 is 0 Å². The van der Waals surface area contributed by atoms with Crippen LogP contribution in [-0.2, 0) is 4.79 Å². The van der Waals surface area contributed by atoms with Gasteiger partial charge in [-0.3, -0.25) is 0 Å². The van der Waals surface area contributed by atoms with E-state index in [1.165, 1.54) is 0 Å². The van der Waals surface area contributed by atoms with Gasteiger partial charge in [0.25, 0.3) is 0 Å². The molecule has 3 aromatic carbocycles. The first-order valence-corrected chi connectivity index (χ1v) is 7.38. The smallest absolute Gasteiger partial charge is 0.356 e. The molecule has 1 unspecified atom stereocenters. The summed E-state index contributed by atoms with van der Waals surface area (Å²) in [5, 5.41) is 2.11. The van der Waals surface area contributed by atoms with Gasteiger partial charge in [0.15, 0.2) is 11.5 Å². The summed E-state index contributed by atoms with van der Waals surface area (Å²) < 4.78 is 16.6. The summed E-state index contributed by atoms with van der Waals surface area (Å²) in [7, 11) is 0. The van der Waals surface area contributed by atoms with Crippen molar-refractivity contribution >= 4 is 16.7 Å². The van der Waals surface area contributed by atoms with Gasteiger partial charge in [0.2, 0.25) is 6.10 Å². The van der Waals surface area contributed by atoms with Gasteiger partial charge in [0, 0.05) is 0 Å². The predicted octanol–water partition coefficient (Wildman–Crippen LogP) is 3.59. The molecule has 0 saturated carbocycles. The maximum atomic E-state index is 12.3. The van der Waals surface area contributed by atoms with Crippen LogP contribution in [0, 0.1) is 0 Å². The lowest BCUT2D eigenvalue weighted by Gasteiger charge is -2.24. The molecule has 0 N–H and O–H groups in total. The molecule has 3 aromatic rings. The van der Waals surface area contributed by atoms with E-state index in [-0.39, 0.29) is 6.61 Å². The molecule has 0 spiro atoms. The Bertz CT molecular complexity index is 872. The Balaban J connectivity index is 1.51. The van der Waals surface area contributed by atoms with Crippen molar-refractivity contribution in [3.8, 4) is 17.2 Å². The van der Waals surface area contributed by atoms with Crippen LogP contribution in [0.5, 0.6) is 17.2 Å². The van der Waals surface area contributed by atoms with Crippen molar-refractivity contribution in [2.45, 2.75) is 6.10 Å². The summed E-state index contributed by atoms with van der Waals surface area (Å²) in [6.45, 7) is 0.142. The van der Waals surface area contributed by atoms with E-state index in [9.17, 15) is 4.79 Å². The number of benzene rings is 3. The second kappa shape index (κ2) is 5.65. The summed E-state index contributed by atoms with van der Waals surface area (Å²) >= 11 is 0. The molecule has 0 radical (unpaired) electrons. The van der Waals surface area contributed by atoms with Crippen LogP contribution in [0.3, 0.4) is 0 Å². The minimum atomic E-state index is -0.767. The molecule has 1 aliphatic rings. The van der Waals surface area contributed by atoms with Crippen LogP contribution >= 0.6 is 0 Å². The van der Waals surface area contributed by atoms with Crippen LogP contribution < -0.4 is 14.2 Å². The van der Waals surface area contributed by atoms with E-state index in [1.54, 1.807) is 18.2 Å². The van der Waals surface area contributed by atoms with Gasteiger partial charge in [0.1, 0.15) is 12.4 Å². The van der Waals surface area contributed by atoms with Gasteiger partial charge >= 0.3 is 5.97 Å². The van der Waals surface area contributed by atoms with Crippen LogP contribution in [0.4, 0.5) is 0 Å². The molecule has 0 bridgehead atoms. The number of fused-ring (bicyclic) bond motifs is 2. The van der Waals surface area contributed by atoms with Crippen molar-refractivity contribution < 1.29 is 19.0 Å². The second-order valence-electron chi connectivity index (χ2n) is 5.29. The molecule has 0 amide bonds. The Morgan fingerprint density at radius 3 is 2.52 bits per heavy atom. The highest BCUT2D eigenvalue weighted by Crippen LogP contribution is 2.31. The van der Waals surface area contributed by atoms with E-state index in [0.29, 0.717) is 17.2 Å². The zero-order chi connectivity index (χ0) is 15.6. The number of carbonyl (C=O) groups excluding carboxylic acids is 1. The average molecular weight is 306 g/mol. The van der Waals surface area contributed by atoms with E-state index in [2.05, 4.69) is 0 Å². The molecule has 0 fully saturated rings. The first kappa shape index (κ1) is 13.6. The molecule has 23 heavy (non-hydrogen) atoms. The minimum absolute atomic E-state index is 0.142. The van der Waals surface area contributed by atoms with Crippen LogP contribution in [0.2, 0.25) is 0 Å². The maximum Gasteiger partial charge on any atom is 0.356 e. The first-order chi connectivity index (χ1) is 11.3. The third-order valence-corrected chi connectivity index (χ3v) is 3.71. The van der Waals surface area contributed by atoms with Gasteiger partial charge in [-0.2, -0.15) is 0 Å². The number of hydrogen-bond acceptors (Lipinski definition) is 4. The molecule has 4 rings (SSSR count). The van der Waals surface area contributed by atoms with E-state index < -0.39 is 12.1 Å². The van der Waals surface area contributed by atoms with E-state index in [4.69, 9.17) is 14.2 Å². The fourth-order valence-electron chi connectivity index (χ4n) is 2.55. The molecule has 0 saturated heterocycles. The van der Waals surface area contributed by atoms with Crippen LogP contribution in [0.25, 0.3) is 10.8 Å². The van der Waals surface area contributed by atoms with Crippen molar-refractivity contribution in [2.24, 2.45) is 0 Å². The Kier molecular flexibility index (Phi) is 3.35. The van der Waals surface area contributed by atoms with Crippen molar-refractivity contribution in [1.29, 1.82) is 0 Å². The Morgan fingerprint density at radius 2 is 1.65 bits per heavy atom. The maximum absolute atomic E-state index is 12.3. The predicted molar refractivity (Wildman–Crippen MR) is 85.9 cm³/mol. The van der Waals surface area contributed by atoms with Gasteiger partial charge in [-0.25, -0.2) is 4.79 Å². The zero-order valence-electron chi connectivity index (χ0n) is 12.3. The van der Waals surface area contributed by atoms with E-state index in [1.807, 2.05) is 48.5 Å². The van der Waals surface area contributed by atoms with Crippen molar-refractivity contribution in [3.63, 3.8) is 0 Å². The Morgan fingerprint density at radius 1 is 0.913 bits per heavy atom. The van der Waals surface area contributed by atoms with Crippen molar-refractivity contribution in [3.05, 3.63) is 66.7 Å². The number of hydrogen-bond donors (Lipinski definition) is 0. The van der Waals surface area contributed by atoms with E-state index in [0.717, 1.165) is 10.8 Å². The highest BCUT2D eigenvalue weighted by atomic mass is 16.6. The van der Waals surface area contributed by atoms with Gasteiger partial charge < -0.3 is 14.2 Å². The lowest BCUT2D eigenvalue weighted by Crippen LogP contribution is -2.39. The quantitative estimate of drug-likeness (QED) is 0.536. The molecular formula is C19H14O4. The molecule has 1 aliphatic heterocycles. The molecule has 114 valence electrons. The van der Waals surface area contributed by atoms with Gasteiger partial charge in [0.05, 0.1) is 0 Å². The topological polar surface area (TPSA) is 44.8 Å². The molecular weight excluding hydrogens is 292 g/mol. The standard InChI is InChI=1S/C19H14O4/c20-19(18-12-21-16-7-3-4-8-17(16)23-18)22-15-10-9-13-5-1-2-6-14(13)11-15/h1-11,18H,12H2. The van der Waals surface area contributed by atoms with Crippen molar-refractivity contribution in [1.82, 2.24) is 0 Å². The lowest BCUT2D eigenvalue weighted by molar-refractivity contribution is -0.144. The molecule has 4 nitrogen and oxygen atoms in total. The second-order valence-corrected chi connectivity index (χ2v) is 5.29. The number of esters is 1.